The van der Waals surface area contributed by atoms with E-state index in [-0.39, 0.29) is 5.91 Å². The average molecular weight is 441 g/mol. The Balaban J connectivity index is 1.55. The third-order valence-electron chi connectivity index (χ3n) is 5.20. The molecule has 1 N–H and O–H groups in total. The maximum atomic E-state index is 12.9. The number of benzene rings is 2. The molecular formula is C26H24N4O3. The molecule has 2 heterocycles. The molecule has 7 nitrogen and oxygen atoms in total. The van der Waals surface area contributed by atoms with Crippen molar-refractivity contribution in [3.8, 4) is 22.8 Å². The minimum Gasteiger partial charge on any atom is -0.496 e. The largest absolute Gasteiger partial charge is 0.496 e. The molecule has 4 aromatic rings. The Morgan fingerprint density at radius 1 is 0.879 bits per heavy atom. The third-order valence-corrected chi connectivity index (χ3v) is 5.20. The maximum Gasteiger partial charge on any atom is 0.255 e. The molecule has 0 bridgehead atoms. The standard InChI is InChI=1S/C26H24N4O3/c1-32-24-6-4-3-5-21(24)23-15-20(29-17-30-23)13-19-7-8-25(33-2)22(14-19)26(31)28-16-18-9-11-27-12-10-18/h3-12,14-15,17H,13,16H2,1-2H3,(H,28,31). The van der Waals surface area contributed by atoms with Crippen LogP contribution in [0.1, 0.15) is 27.2 Å². The number of pyridine rings is 1. The molecule has 0 spiro atoms. The predicted octanol–water partition coefficient (Wildman–Crippen LogP) is 4.08. The number of nitrogens with one attached hydrogen (secondary N) is 1. The van der Waals surface area contributed by atoms with Crippen molar-refractivity contribution in [2.45, 2.75) is 13.0 Å². The van der Waals surface area contributed by atoms with Crippen LogP contribution in [0.3, 0.4) is 0 Å². The van der Waals surface area contributed by atoms with E-state index >= 15 is 0 Å². The topological polar surface area (TPSA) is 86.2 Å². The number of para-hydroxylation sites is 1. The van der Waals surface area contributed by atoms with Crippen molar-refractivity contribution < 1.29 is 14.3 Å². The first kappa shape index (κ1) is 22.0. The molecule has 0 aliphatic carbocycles. The second kappa shape index (κ2) is 10.4. The van der Waals surface area contributed by atoms with E-state index in [1.165, 1.54) is 0 Å². The lowest BCUT2D eigenvalue weighted by Crippen LogP contribution is -2.23. The summed E-state index contributed by atoms with van der Waals surface area (Å²) in [7, 11) is 3.19. The van der Waals surface area contributed by atoms with Gasteiger partial charge in [0.05, 0.1) is 25.5 Å². The molecule has 0 fully saturated rings. The van der Waals surface area contributed by atoms with Crippen molar-refractivity contribution >= 4 is 5.91 Å². The molecule has 166 valence electrons. The lowest BCUT2D eigenvalue weighted by atomic mass is 10.0. The summed E-state index contributed by atoms with van der Waals surface area (Å²) in [6.07, 6.45) is 5.48. The second-order valence-electron chi connectivity index (χ2n) is 7.34. The molecule has 0 aliphatic heterocycles. The minimum atomic E-state index is -0.206. The van der Waals surface area contributed by atoms with E-state index in [0.717, 1.165) is 33.8 Å². The van der Waals surface area contributed by atoms with Gasteiger partial charge in [0, 0.05) is 36.6 Å². The van der Waals surface area contributed by atoms with Gasteiger partial charge >= 0.3 is 0 Å². The van der Waals surface area contributed by atoms with Crippen molar-refractivity contribution in [2.75, 3.05) is 14.2 Å². The Hall–Kier alpha value is -4.26. The predicted molar refractivity (Wildman–Crippen MR) is 125 cm³/mol. The zero-order valence-corrected chi connectivity index (χ0v) is 18.5. The molecule has 0 unspecified atom stereocenters. The second-order valence-corrected chi connectivity index (χ2v) is 7.34. The van der Waals surface area contributed by atoms with Crippen molar-refractivity contribution in [2.24, 2.45) is 0 Å². The molecule has 0 aliphatic rings. The van der Waals surface area contributed by atoms with Gasteiger partial charge in [-0.3, -0.25) is 9.78 Å². The average Bonchev–Trinajstić information content (AvgIpc) is 2.88. The molecule has 7 heteroatoms. The first-order valence-electron chi connectivity index (χ1n) is 10.5. The first-order chi connectivity index (χ1) is 16.2. The maximum absolute atomic E-state index is 12.9. The summed E-state index contributed by atoms with van der Waals surface area (Å²) in [6, 6.07) is 19.0. The van der Waals surface area contributed by atoms with Crippen LogP contribution in [0, 0.1) is 0 Å². The quantitative estimate of drug-likeness (QED) is 0.444. The highest BCUT2D eigenvalue weighted by Gasteiger charge is 2.14. The van der Waals surface area contributed by atoms with Gasteiger partial charge in [-0.15, -0.1) is 0 Å². The van der Waals surface area contributed by atoms with Crippen LogP contribution >= 0.6 is 0 Å². The number of carbonyl (C=O) groups is 1. The Morgan fingerprint density at radius 2 is 1.67 bits per heavy atom. The van der Waals surface area contributed by atoms with Crippen molar-refractivity contribution in [3.05, 3.63) is 102 Å². The summed E-state index contributed by atoms with van der Waals surface area (Å²) in [6.45, 7) is 0.406. The van der Waals surface area contributed by atoms with Crippen LogP contribution < -0.4 is 14.8 Å². The van der Waals surface area contributed by atoms with Gasteiger partial charge in [0.1, 0.15) is 17.8 Å². The summed E-state index contributed by atoms with van der Waals surface area (Å²) in [5.74, 6) is 1.06. The zero-order chi connectivity index (χ0) is 23.0. The van der Waals surface area contributed by atoms with Gasteiger partial charge in [0.25, 0.3) is 5.91 Å². The van der Waals surface area contributed by atoms with E-state index < -0.39 is 0 Å². The number of nitrogens with zero attached hydrogens (tertiary/aromatic N) is 3. The Labute approximate surface area is 192 Å². The molecule has 2 aromatic carbocycles. The molecule has 0 saturated carbocycles. The number of hydrogen-bond donors (Lipinski definition) is 1. The van der Waals surface area contributed by atoms with Gasteiger partial charge in [-0.05, 0) is 53.6 Å². The third kappa shape index (κ3) is 5.33. The molecule has 0 radical (unpaired) electrons. The highest BCUT2D eigenvalue weighted by atomic mass is 16.5. The number of rotatable bonds is 8. The van der Waals surface area contributed by atoms with Crippen LogP contribution in [0.4, 0.5) is 0 Å². The normalized spacial score (nSPS) is 10.5. The van der Waals surface area contributed by atoms with Crippen molar-refractivity contribution in [1.29, 1.82) is 0 Å². The van der Waals surface area contributed by atoms with Crippen molar-refractivity contribution in [3.63, 3.8) is 0 Å². The molecular weight excluding hydrogens is 416 g/mol. The highest BCUT2D eigenvalue weighted by molar-refractivity contribution is 5.97. The van der Waals surface area contributed by atoms with E-state index in [2.05, 4.69) is 20.3 Å². The molecule has 0 saturated heterocycles. The fourth-order valence-electron chi connectivity index (χ4n) is 3.53. The van der Waals surface area contributed by atoms with E-state index in [1.54, 1.807) is 39.0 Å². The number of ether oxygens (including phenoxy) is 2. The van der Waals surface area contributed by atoms with E-state index in [9.17, 15) is 4.79 Å². The summed E-state index contributed by atoms with van der Waals surface area (Å²) in [5, 5.41) is 2.94. The van der Waals surface area contributed by atoms with Crippen LogP contribution in [0.2, 0.25) is 0 Å². The van der Waals surface area contributed by atoms with Gasteiger partial charge in [-0.1, -0.05) is 18.2 Å². The summed E-state index contributed by atoms with van der Waals surface area (Å²) < 4.78 is 10.9. The molecule has 33 heavy (non-hydrogen) atoms. The number of aromatic nitrogens is 3. The van der Waals surface area contributed by atoms with Crippen LogP contribution in [-0.4, -0.2) is 35.1 Å². The van der Waals surface area contributed by atoms with E-state index in [1.807, 2.05) is 54.6 Å². The molecule has 4 rings (SSSR count). The van der Waals surface area contributed by atoms with E-state index in [4.69, 9.17) is 9.47 Å². The zero-order valence-electron chi connectivity index (χ0n) is 18.5. The number of hydrogen-bond acceptors (Lipinski definition) is 6. The monoisotopic (exact) mass is 440 g/mol. The minimum absolute atomic E-state index is 0.206. The fourth-order valence-corrected chi connectivity index (χ4v) is 3.53. The van der Waals surface area contributed by atoms with Crippen LogP contribution in [0.5, 0.6) is 11.5 Å². The molecule has 0 atom stereocenters. The summed E-state index contributed by atoms with van der Waals surface area (Å²) >= 11 is 0. The summed E-state index contributed by atoms with van der Waals surface area (Å²) in [5.41, 5.74) is 4.89. The highest BCUT2D eigenvalue weighted by Crippen LogP contribution is 2.28. The van der Waals surface area contributed by atoms with Crippen LogP contribution in [0.25, 0.3) is 11.3 Å². The lowest BCUT2D eigenvalue weighted by molar-refractivity contribution is 0.0947. The molecule has 2 aromatic heterocycles. The lowest BCUT2D eigenvalue weighted by Gasteiger charge is -2.12. The van der Waals surface area contributed by atoms with Crippen molar-refractivity contribution in [1.82, 2.24) is 20.3 Å². The van der Waals surface area contributed by atoms with Gasteiger partial charge in [0.15, 0.2) is 0 Å². The number of amides is 1. The van der Waals surface area contributed by atoms with Gasteiger partial charge < -0.3 is 14.8 Å². The van der Waals surface area contributed by atoms with E-state index in [0.29, 0.717) is 24.3 Å². The SMILES string of the molecule is COc1ccc(Cc2cc(-c3ccccc3OC)ncn2)cc1C(=O)NCc1ccncc1. The van der Waals surface area contributed by atoms with Gasteiger partial charge in [-0.2, -0.15) is 0 Å². The number of methoxy groups -OCH3 is 2. The summed E-state index contributed by atoms with van der Waals surface area (Å²) in [4.78, 5) is 25.7. The fraction of sp³-hybridized carbons (Fsp3) is 0.154. The van der Waals surface area contributed by atoms with Gasteiger partial charge in [0.2, 0.25) is 0 Å². The Morgan fingerprint density at radius 3 is 2.45 bits per heavy atom. The van der Waals surface area contributed by atoms with Gasteiger partial charge in [-0.25, -0.2) is 9.97 Å². The smallest absolute Gasteiger partial charge is 0.255 e. The van der Waals surface area contributed by atoms with Crippen LogP contribution in [-0.2, 0) is 13.0 Å². The Bertz CT molecular complexity index is 1250. The van der Waals surface area contributed by atoms with Crippen LogP contribution in [0.15, 0.2) is 79.4 Å². The molecule has 1 amide bonds. The number of carbonyl (C=O) groups excluding carboxylic acids is 1. The Kier molecular flexibility index (Phi) is 6.90. The first-order valence-corrected chi connectivity index (χ1v) is 10.5.